The Morgan fingerprint density at radius 3 is 2.71 bits per heavy atom. The maximum Gasteiger partial charge on any atom is 0.224 e. The number of carbonyl (C=O) groups is 1. The molecule has 1 saturated heterocycles. The van der Waals surface area contributed by atoms with Gasteiger partial charge in [0.1, 0.15) is 0 Å². The first kappa shape index (κ1) is 16.7. The van der Waals surface area contributed by atoms with E-state index in [-0.39, 0.29) is 17.6 Å². The van der Waals surface area contributed by atoms with Crippen LogP contribution in [0.15, 0.2) is 0 Å². The highest BCUT2D eigenvalue weighted by Crippen LogP contribution is 2.40. The van der Waals surface area contributed by atoms with Crippen LogP contribution in [0.2, 0.25) is 0 Å². The van der Waals surface area contributed by atoms with Crippen molar-refractivity contribution < 1.29 is 14.3 Å². The first-order valence-corrected chi connectivity index (χ1v) is 8.45. The fraction of sp³-hybridized carbons (Fsp3) is 0.938. The molecule has 21 heavy (non-hydrogen) atoms. The van der Waals surface area contributed by atoms with Gasteiger partial charge in [0.15, 0.2) is 5.79 Å². The van der Waals surface area contributed by atoms with Gasteiger partial charge in [-0.1, -0.05) is 13.3 Å². The summed E-state index contributed by atoms with van der Waals surface area (Å²) >= 11 is 0. The van der Waals surface area contributed by atoms with Crippen LogP contribution in [0.5, 0.6) is 0 Å². The zero-order valence-corrected chi connectivity index (χ0v) is 13.5. The van der Waals surface area contributed by atoms with Crippen molar-refractivity contribution in [2.75, 3.05) is 32.8 Å². The van der Waals surface area contributed by atoms with E-state index in [0.717, 1.165) is 38.8 Å². The van der Waals surface area contributed by atoms with Crippen LogP contribution in [0.4, 0.5) is 0 Å². The van der Waals surface area contributed by atoms with Crippen LogP contribution in [-0.2, 0) is 14.3 Å². The van der Waals surface area contributed by atoms with Gasteiger partial charge in [-0.2, -0.15) is 0 Å². The molecule has 0 aromatic carbocycles. The van der Waals surface area contributed by atoms with E-state index in [0.29, 0.717) is 25.7 Å². The summed E-state index contributed by atoms with van der Waals surface area (Å²) in [5.41, 5.74) is 0. The molecule has 2 N–H and O–H groups in total. The summed E-state index contributed by atoms with van der Waals surface area (Å²) in [6.07, 6.45) is 5.18. The van der Waals surface area contributed by atoms with E-state index < -0.39 is 0 Å². The van der Waals surface area contributed by atoms with Crippen molar-refractivity contribution >= 4 is 5.91 Å². The van der Waals surface area contributed by atoms with Gasteiger partial charge >= 0.3 is 0 Å². The normalized spacial score (nSPS) is 25.9. The minimum Gasteiger partial charge on any atom is -0.356 e. The summed E-state index contributed by atoms with van der Waals surface area (Å²) in [5, 5.41) is 6.28. The minimum atomic E-state index is -0.340. The van der Waals surface area contributed by atoms with Crippen LogP contribution in [0.25, 0.3) is 0 Å². The second-order valence-electron chi connectivity index (χ2n) is 6.20. The van der Waals surface area contributed by atoms with Crippen LogP contribution in [0, 0.1) is 11.8 Å². The Morgan fingerprint density at radius 2 is 2.05 bits per heavy atom. The SMILES string of the molecule is CCNCC(CC1CCCC2(C1)OCCO2)C(=O)NCC. The number of carbonyl (C=O) groups excluding carboxylic acids is 1. The molecule has 5 heteroatoms. The van der Waals surface area contributed by atoms with E-state index in [1.807, 2.05) is 6.92 Å². The van der Waals surface area contributed by atoms with Crippen molar-refractivity contribution in [3.8, 4) is 0 Å². The van der Waals surface area contributed by atoms with Crippen molar-refractivity contribution in [3.63, 3.8) is 0 Å². The highest BCUT2D eigenvalue weighted by Gasteiger charge is 2.42. The van der Waals surface area contributed by atoms with Crippen LogP contribution in [-0.4, -0.2) is 44.5 Å². The number of ether oxygens (including phenoxy) is 2. The smallest absolute Gasteiger partial charge is 0.224 e. The fourth-order valence-corrected chi connectivity index (χ4v) is 3.59. The summed E-state index contributed by atoms with van der Waals surface area (Å²) in [6, 6.07) is 0. The Balaban J connectivity index is 1.90. The van der Waals surface area contributed by atoms with Gasteiger partial charge in [-0.3, -0.25) is 4.79 Å². The third kappa shape index (κ3) is 4.66. The fourth-order valence-electron chi connectivity index (χ4n) is 3.59. The molecule has 0 radical (unpaired) electrons. The topological polar surface area (TPSA) is 59.6 Å². The van der Waals surface area contributed by atoms with Crippen molar-refractivity contribution in [1.82, 2.24) is 10.6 Å². The Hall–Kier alpha value is -0.650. The average molecular weight is 298 g/mol. The van der Waals surface area contributed by atoms with Crippen molar-refractivity contribution in [1.29, 1.82) is 0 Å². The first-order valence-electron chi connectivity index (χ1n) is 8.45. The molecule has 0 aromatic rings. The quantitative estimate of drug-likeness (QED) is 0.750. The van der Waals surface area contributed by atoms with Gasteiger partial charge in [-0.05, 0) is 32.2 Å². The molecule has 2 unspecified atom stereocenters. The molecule has 1 saturated carbocycles. The molecule has 1 spiro atoms. The molecule has 1 heterocycles. The number of hydrogen-bond acceptors (Lipinski definition) is 4. The lowest BCUT2D eigenvalue weighted by Gasteiger charge is -2.37. The van der Waals surface area contributed by atoms with Crippen molar-refractivity contribution in [2.45, 2.75) is 51.7 Å². The van der Waals surface area contributed by atoms with Gasteiger partial charge in [-0.25, -0.2) is 0 Å². The number of rotatable bonds is 7. The predicted octanol–water partition coefficient (Wildman–Crippen LogP) is 1.67. The average Bonchev–Trinajstić information content (AvgIpc) is 2.91. The minimum absolute atomic E-state index is 0.0476. The van der Waals surface area contributed by atoms with E-state index in [9.17, 15) is 4.79 Å². The van der Waals surface area contributed by atoms with E-state index in [1.54, 1.807) is 0 Å². The number of amides is 1. The third-order valence-corrected chi connectivity index (χ3v) is 4.56. The van der Waals surface area contributed by atoms with Crippen LogP contribution < -0.4 is 10.6 Å². The Bertz CT molecular complexity index is 329. The van der Waals surface area contributed by atoms with E-state index in [1.165, 1.54) is 6.42 Å². The standard InChI is InChI=1S/C16H30N2O3/c1-3-17-12-14(15(19)18-4-2)10-13-6-5-7-16(11-13)20-8-9-21-16/h13-14,17H,3-12H2,1-2H3,(H,18,19). The largest absolute Gasteiger partial charge is 0.356 e. The Morgan fingerprint density at radius 1 is 1.29 bits per heavy atom. The molecule has 2 atom stereocenters. The molecule has 2 fully saturated rings. The maximum absolute atomic E-state index is 12.2. The summed E-state index contributed by atoms with van der Waals surface area (Å²) in [4.78, 5) is 12.2. The molecular formula is C16H30N2O3. The first-order chi connectivity index (χ1) is 10.2. The maximum atomic E-state index is 12.2. The van der Waals surface area contributed by atoms with Gasteiger partial charge in [0.05, 0.1) is 19.1 Å². The van der Waals surface area contributed by atoms with Gasteiger partial charge in [0, 0.05) is 25.9 Å². The predicted molar refractivity (Wildman–Crippen MR) is 81.9 cm³/mol. The van der Waals surface area contributed by atoms with Crippen LogP contribution >= 0.6 is 0 Å². The van der Waals surface area contributed by atoms with E-state index in [4.69, 9.17) is 9.47 Å². The lowest BCUT2D eigenvalue weighted by atomic mass is 9.79. The molecule has 122 valence electrons. The number of nitrogens with one attached hydrogen (secondary N) is 2. The summed E-state index contributed by atoms with van der Waals surface area (Å²) in [7, 11) is 0. The highest BCUT2D eigenvalue weighted by molar-refractivity contribution is 5.78. The molecular weight excluding hydrogens is 268 g/mol. The molecule has 0 bridgehead atoms. The van der Waals surface area contributed by atoms with Gasteiger partial charge in [0.25, 0.3) is 0 Å². The monoisotopic (exact) mass is 298 g/mol. The highest BCUT2D eigenvalue weighted by atomic mass is 16.7. The molecule has 1 aliphatic heterocycles. The zero-order chi connectivity index (χ0) is 15.1. The van der Waals surface area contributed by atoms with Gasteiger partial charge in [-0.15, -0.1) is 0 Å². The second-order valence-corrected chi connectivity index (χ2v) is 6.20. The molecule has 1 aliphatic carbocycles. The van der Waals surface area contributed by atoms with E-state index in [2.05, 4.69) is 17.6 Å². The lowest BCUT2D eigenvalue weighted by Crippen LogP contribution is -2.41. The molecule has 2 rings (SSSR count). The molecule has 2 aliphatic rings. The Kier molecular flexibility index (Phi) is 6.45. The van der Waals surface area contributed by atoms with Crippen LogP contribution in [0.3, 0.4) is 0 Å². The Labute approximate surface area is 128 Å². The summed E-state index contributed by atoms with van der Waals surface area (Å²) < 4.78 is 11.7. The third-order valence-electron chi connectivity index (χ3n) is 4.56. The summed E-state index contributed by atoms with van der Waals surface area (Å²) in [6.45, 7) is 7.82. The summed E-state index contributed by atoms with van der Waals surface area (Å²) in [5.74, 6) is 0.397. The van der Waals surface area contributed by atoms with Crippen molar-refractivity contribution in [3.05, 3.63) is 0 Å². The van der Waals surface area contributed by atoms with Crippen molar-refractivity contribution in [2.24, 2.45) is 11.8 Å². The zero-order valence-electron chi connectivity index (χ0n) is 13.5. The number of hydrogen-bond donors (Lipinski definition) is 2. The van der Waals surface area contributed by atoms with E-state index >= 15 is 0 Å². The molecule has 1 amide bonds. The molecule has 0 aromatic heterocycles. The lowest BCUT2D eigenvalue weighted by molar-refractivity contribution is -0.188. The van der Waals surface area contributed by atoms with Crippen LogP contribution in [0.1, 0.15) is 46.0 Å². The molecule has 5 nitrogen and oxygen atoms in total. The van der Waals surface area contributed by atoms with Gasteiger partial charge in [0.2, 0.25) is 5.91 Å². The second kappa shape index (κ2) is 8.11. The van der Waals surface area contributed by atoms with Gasteiger partial charge < -0.3 is 20.1 Å².